The summed E-state index contributed by atoms with van der Waals surface area (Å²) in [7, 11) is 0. The Morgan fingerprint density at radius 1 is 0.645 bits per heavy atom. The topological polar surface area (TPSA) is 9.23 Å². The molecule has 0 amide bonds. The molecule has 3 aliphatic carbocycles. The lowest BCUT2D eigenvalue weighted by Crippen LogP contribution is -2.31. The Morgan fingerprint density at radius 2 is 1.16 bits per heavy atom. The van der Waals surface area contributed by atoms with Gasteiger partial charge in [-0.1, -0.05) is 57.6 Å². The summed E-state index contributed by atoms with van der Waals surface area (Å²) < 4.78 is 6.02. The highest BCUT2D eigenvalue weighted by Crippen LogP contribution is 2.46. The van der Waals surface area contributed by atoms with E-state index < -0.39 is 0 Å². The standard InChI is InChI=1S/C30H54O/c1-3-5-6-7-8-9-10-11-25-12-14-26(15-13-25)27-16-18-28(19-17-27)29-20-22-30(23-21-29)31-24-4-2/h3,5,25-30H,4,6-24H2,1-2H3/b5-3+. The van der Waals surface area contributed by atoms with Crippen molar-refractivity contribution >= 4 is 0 Å². The van der Waals surface area contributed by atoms with Gasteiger partial charge in [-0.15, -0.1) is 0 Å². The largest absolute Gasteiger partial charge is 0.378 e. The summed E-state index contributed by atoms with van der Waals surface area (Å²) in [4.78, 5) is 0. The van der Waals surface area contributed by atoms with Gasteiger partial charge >= 0.3 is 0 Å². The van der Waals surface area contributed by atoms with Crippen molar-refractivity contribution in [3.05, 3.63) is 12.2 Å². The highest BCUT2D eigenvalue weighted by atomic mass is 16.5. The molecule has 0 radical (unpaired) electrons. The third kappa shape index (κ3) is 8.87. The van der Waals surface area contributed by atoms with Crippen molar-refractivity contribution in [2.24, 2.45) is 29.6 Å². The molecule has 3 saturated carbocycles. The minimum Gasteiger partial charge on any atom is -0.378 e. The molecule has 0 aromatic heterocycles. The lowest BCUT2D eigenvalue weighted by molar-refractivity contribution is 0.00568. The van der Waals surface area contributed by atoms with Crippen LogP contribution in [0.25, 0.3) is 0 Å². The first-order valence-corrected chi connectivity index (χ1v) is 14.5. The average Bonchev–Trinajstić information content (AvgIpc) is 2.83. The first kappa shape index (κ1) is 25.3. The lowest BCUT2D eigenvalue weighted by Gasteiger charge is -2.41. The van der Waals surface area contributed by atoms with Crippen molar-refractivity contribution < 1.29 is 4.74 Å². The lowest BCUT2D eigenvalue weighted by atomic mass is 9.65. The summed E-state index contributed by atoms with van der Waals surface area (Å²) >= 11 is 0. The van der Waals surface area contributed by atoms with E-state index in [4.69, 9.17) is 4.74 Å². The molecule has 0 heterocycles. The molecule has 0 unspecified atom stereocenters. The van der Waals surface area contributed by atoms with Crippen LogP contribution in [0.3, 0.4) is 0 Å². The van der Waals surface area contributed by atoms with Gasteiger partial charge in [0.1, 0.15) is 0 Å². The van der Waals surface area contributed by atoms with E-state index in [0.717, 1.165) is 36.2 Å². The van der Waals surface area contributed by atoms with E-state index in [9.17, 15) is 0 Å². The fourth-order valence-electron chi connectivity index (χ4n) is 7.26. The minimum absolute atomic E-state index is 0.584. The van der Waals surface area contributed by atoms with E-state index in [-0.39, 0.29) is 0 Å². The van der Waals surface area contributed by atoms with E-state index in [1.54, 1.807) is 51.4 Å². The molecule has 180 valence electrons. The van der Waals surface area contributed by atoms with Crippen LogP contribution in [0.4, 0.5) is 0 Å². The molecule has 3 aliphatic rings. The van der Waals surface area contributed by atoms with Crippen molar-refractivity contribution in [2.75, 3.05) is 6.61 Å². The zero-order chi connectivity index (χ0) is 21.7. The van der Waals surface area contributed by atoms with Crippen LogP contribution in [0.15, 0.2) is 12.2 Å². The number of ether oxygens (including phenoxy) is 1. The van der Waals surface area contributed by atoms with Gasteiger partial charge in [-0.2, -0.15) is 0 Å². The molecule has 0 spiro atoms. The highest BCUT2D eigenvalue weighted by Gasteiger charge is 2.34. The second-order valence-corrected chi connectivity index (χ2v) is 11.4. The number of hydrogen-bond donors (Lipinski definition) is 0. The summed E-state index contributed by atoms with van der Waals surface area (Å²) in [6.45, 7) is 5.34. The maximum absolute atomic E-state index is 6.02. The van der Waals surface area contributed by atoms with Gasteiger partial charge in [-0.05, 0) is 120 Å². The summed E-state index contributed by atoms with van der Waals surface area (Å²) in [5, 5.41) is 0. The van der Waals surface area contributed by atoms with E-state index in [1.807, 2.05) is 0 Å². The highest BCUT2D eigenvalue weighted by molar-refractivity contribution is 4.86. The first-order chi connectivity index (χ1) is 15.3. The quantitative estimate of drug-likeness (QED) is 0.221. The smallest absolute Gasteiger partial charge is 0.0575 e. The molecule has 0 bridgehead atoms. The molecule has 0 N–H and O–H groups in total. The van der Waals surface area contributed by atoms with Gasteiger partial charge in [0.2, 0.25) is 0 Å². The third-order valence-electron chi connectivity index (χ3n) is 9.29. The van der Waals surface area contributed by atoms with Crippen LogP contribution in [-0.2, 0) is 4.74 Å². The Kier molecular flexibility index (Phi) is 12.1. The molecule has 31 heavy (non-hydrogen) atoms. The predicted octanol–water partition coefficient (Wildman–Crippen LogP) is 9.50. The van der Waals surface area contributed by atoms with Crippen molar-refractivity contribution in [1.82, 2.24) is 0 Å². The van der Waals surface area contributed by atoms with Crippen LogP contribution in [0.1, 0.15) is 136 Å². The zero-order valence-electron chi connectivity index (χ0n) is 21.2. The number of hydrogen-bond acceptors (Lipinski definition) is 1. The summed E-state index contributed by atoms with van der Waals surface area (Å²) in [6, 6.07) is 0. The van der Waals surface area contributed by atoms with Gasteiger partial charge in [0.15, 0.2) is 0 Å². The maximum atomic E-state index is 6.02. The van der Waals surface area contributed by atoms with Crippen molar-refractivity contribution in [1.29, 1.82) is 0 Å². The molecule has 1 heteroatoms. The van der Waals surface area contributed by atoms with E-state index >= 15 is 0 Å². The molecule has 0 saturated heterocycles. The van der Waals surface area contributed by atoms with Crippen LogP contribution >= 0.6 is 0 Å². The van der Waals surface area contributed by atoms with Gasteiger partial charge < -0.3 is 4.74 Å². The van der Waals surface area contributed by atoms with E-state index in [2.05, 4.69) is 26.0 Å². The van der Waals surface area contributed by atoms with Gasteiger partial charge in [0.25, 0.3) is 0 Å². The fourth-order valence-corrected chi connectivity index (χ4v) is 7.26. The van der Waals surface area contributed by atoms with Crippen LogP contribution < -0.4 is 0 Å². The number of allylic oxidation sites excluding steroid dienone is 2. The Bertz CT molecular complexity index is 459. The second-order valence-electron chi connectivity index (χ2n) is 11.4. The van der Waals surface area contributed by atoms with Crippen molar-refractivity contribution in [3.8, 4) is 0 Å². The zero-order valence-corrected chi connectivity index (χ0v) is 21.2. The number of rotatable bonds is 12. The molecule has 0 aromatic carbocycles. The molecule has 0 aliphatic heterocycles. The molecule has 1 nitrogen and oxygen atoms in total. The van der Waals surface area contributed by atoms with Crippen molar-refractivity contribution in [2.45, 2.75) is 142 Å². The molecule has 3 fully saturated rings. The summed E-state index contributed by atoms with van der Waals surface area (Å²) in [6.07, 6.45) is 32.9. The van der Waals surface area contributed by atoms with Crippen LogP contribution in [0.5, 0.6) is 0 Å². The average molecular weight is 431 g/mol. The minimum atomic E-state index is 0.584. The van der Waals surface area contributed by atoms with Crippen molar-refractivity contribution in [3.63, 3.8) is 0 Å². The summed E-state index contributed by atoms with van der Waals surface area (Å²) in [5.74, 6) is 5.29. The summed E-state index contributed by atoms with van der Waals surface area (Å²) in [5.41, 5.74) is 0. The van der Waals surface area contributed by atoms with Crippen LogP contribution in [0, 0.1) is 29.6 Å². The van der Waals surface area contributed by atoms with Gasteiger partial charge in [0.05, 0.1) is 6.10 Å². The Labute approximate surface area is 195 Å². The van der Waals surface area contributed by atoms with E-state index in [0.29, 0.717) is 6.10 Å². The first-order valence-electron chi connectivity index (χ1n) is 14.5. The molecule has 3 rings (SSSR count). The van der Waals surface area contributed by atoms with Gasteiger partial charge in [0, 0.05) is 6.61 Å². The monoisotopic (exact) mass is 430 g/mol. The maximum Gasteiger partial charge on any atom is 0.0575 e. The third-order valence-corrected chi connectivity index (χ3v) is 9.29. The second kappa shape index (κ2) is 14.8. The normalized spacial score (nSPS) is 34.9. The van der Waals surface area contributed by atoms with Crippen LogP contribution in [-0.4, -0.2) is 12.7 Å². The number of unbranched alkanes of at least 4 members (excludes halogenated alkanes) is 4. The molecule has 0 atom stereocenters. The molecular weight excluding hydrogens is 376 g/mol. The molecule has 0 aromatic rings. The SMILES string of the molecule is C/C=C/CCCCCCC1CCC(C2CCC(C3CCC(OCCC)CC3)CC2)CC1. The van der Waals surface area contributed by atoms with E-state index in [1.165, 1.54) is 70.6 Å². The molecular formula is C30H54O. The Hall–Kier alpha value is -0.300. The van der Waals surface area contributed by atoms with Gasteiger partial charge in [-0.25, -0.2) is 0 Å². The Balaban J connectivity index is 1.24. The van der Waals surface area contributed by atoms with Crippen LogP contribution in [0.2, 0.25) is 0 Å². The Morgan fingerprint density at radius 3 is 1.71 bits per heavy atom. The van der Waals surface area contributed by atoms with Gasteiger partial charge in [-0.3, -0.25) is 0 Å². The predicted molar refractivity (Wildman–Crippen MR) is 135 cm³/mol. The fraction of sp³-hybridized carbons (Fsp3) is 0.933.